The first-order chi connectivity index (χ1) is 9.72. The van der Waals surface area contributed by atoms with E-state index in [1.54, 1.807) is 0 Å². The molecule has 1 N–H and O–H groups in total. The summed E-state index contributed by atoms with van der Waals surface area (Å²) in [4.78, 5) is 13.3. The number of nitrogens with zero attached hydrogens (tertiary/aromatic N) is 1. The number of piperidine rings is 1. The molecule has 0 amide bonds. The number of carboxylic acids is 1. The molecule has 4 nitrogen and oxygen atoms in total. The van der Waals surface area contributed by atoms with Gasteiger partial charge < -0.3 is 14.7 Å². The van der Waals surface area contributed by atoms with Crippen LogP contribution in [0.25, 0.3) is 0 Å². The Morgan fingerprint density at radius 1 is 1.40 bits per heavy atom. The lowest BCUT2D eigenvalue weighted by molar-refractivity contribution is -0.138. The molecule has 4 heteroatoms. The average molecular weight is 275 g/mol. The van der Waals surface area contributed by atoms with Gasteiger partial charge in [0.1, 0.15) is 5.75 Å². The fraction of sp³-hybridized carbons (Fsp3) is 0.562. The first-order valence-electron chi connectivity index (χ1n) is 7.38. The van der Waals surface area contributed by atoms with Crippen molar-refractivity contribution in [3.63, 3.8) is 0 Å². The Morgan fingerprint density at radius 3 is 3.10 bits per heavy atom. The van der Waals surface area contributed by atoms with Crippen LogP contribution in [0, 0.1) is 5.92 Å². The van der Waals surface area contributed by atoms with Crippen LogP contribution >= 0.6 is 0 Å². The fourth-order valence-electron chi connectivity index (χ4n) is 3.42. The van der Waals surface area contributed by atoms with Gasteiger partial charge in [0.25, 0.3) is 0 Å². The zero-order chi connectivity index (χ0) is 13.9. The van der Waals surface area contributed by atoms with Crippen molar-refractivity contribution in [2.75, 3.05) is 26.2 Å². The van der Waals surface area contributed by atoms with E-state index in [0.717, 1.165) is 44.8 Å². The van der Waals surface area contributed by atoms with E-state index in [1.807, 2.05) is 12.1 Å². The van der Waals surface area contributed by atoms with Gasteiger partial charge in [0.2, 0.25) is 0 Å². The van der Waals surface area contributed by atoms with Crippen LogP contribution in [0.3, 0.4) is 0 Å². The molecule has 0 spiro atoms. The van der Waals surface area contributed by atoms with Crippen LogP contribution in [0.5, 0.6) is 5.75 Å². The van der Waals surface area contributed by atoms with Crippen LogP contribution < -0.4 is 4.74 Å². The van der Waals surface area contributed by atoms with Crippen LogP contribution in [-0.2, 0) is 4.79 Å². The zero-order valence-corrected chi connectivity index (χ0v) is 11.6. The number of benzene rings is 1. The van der Waals surface area contributed by atoms with Crippen molar-refractivity contribution < 1.29 is 14.6 Å². The summed E-state index contributed by atoms with van der Waals surface area (Å²) in [7, 11) is 0. The lowest BCUT2D eigenvalue weighted by Gasteiger charge is -2.33. The van der Waals surface area contributed by atoms with E-state index >= 15 is 0 Å². The third-order valence-corrected chi connectivity index (χ3v) is 4.34. The van der Waals surface area contributed by atoms with Gasteiger partial charge in [-0.15, -0.1) is 0 Å². The molecule has 1 saturated heterocycles. The van der Waals surface area contributed by atoms with Gasteiger partial charge in [-0.1, -0.05) is 18.2 Å². The largest absolute Gasteiger partial charge is 0.493 e. The van der Waals surface area contributed by atoms with Crippen LogP contribution in [0.15, 0.2) is 24.3 Å². The highest BCUT2D eigenvalue weighted by Crippen LogP contribution is 2.34. The van der Waals surface area contributed by atoms with Gasteiger partial charge in [0.15, 0.2) is 0 Å². The number of para-hydroxylation sites is 1. The number of rotatable bonds is 4. The second-order valence-electron chi connectivity index (χ2n) is 5.91. The van der Waals surface area contributed by atoms with E-state index in [2.05, 4.69) is 17.0 Å². The molecule has 1 aromatic carbocycles. The van der Waals surface area contributed by atoms with Gasteiger partial charge in [-0.25, -0.2) is 0 Å². The normalized spacial score (nSPS) is 26.0. The first-order valence-corrected chi connectivity index (χ1v) is 7.38. The number of hydrogen-bond acceptors (Lipinski definition) is 3. The van der Waals surface area contributed by atoms with Crippen LogP contribution in [0.1, 0.15) is 30.7 Å². The Labute approximate surface area is 119 Å². The summed E-state index contributed by atoms with van der Waals surface area (Å²) in [5, 5.41) is 8.93. The Bertz CT molecular complexity index is 488. The average Bonchev–Trinajstić information content (AvgIpc) is 2.82. The standard InChI is InChI=1S/C16H21NO3/c18-16(19)8-12-4-3-7-17(9-12)10-13-11-20-15-6-2-1-5-14(13)15/h1-2,5-6,12-13H,3-4,7-11H2,(H,18,19). The van der Waals surface area contributed by atoms with E-state index in [-0.39, 0.29) is 0 Å². The number of hydrogen-bond donors (Lipinski definition) is 1. The third kappa shape index (κ3) is 2.96. The predicted molar refractivity (Wildman–Crippen MR) is 76.1 cm³/mol. The molecule has 108 valence electrons. The van der Waals surface area contributed by atoms with E-state index < -0.39 is 5.97 Å². The number of ether oxygens (including phenoxy) is 1. The summed E-state index contributed by atoms with van der Waals surface area (Å²) in [6, 6.07) is 8.24. The van der Waals surface area contributed by atoms with Gasteiger partial charge in [0, 0.05) is 31.0 Å². The lowest BCUT2D eigenvalue weighted by Crippen LogP contribution is -2.39. The minimum atomic E-state index is -0.675. The second kappa shape index (κ2) is 5.83. The number of carboxylic acid groups (broad SMARTS) is 1. The van der Waals surface area contributed by atoms with Crippen LogP contribution in [0.4, 0.5) is 0 Å². The number of fused-ring (bicyclic) bond motifs is 1. The molecule has 1 aromatic rings. The van der Waals surface area contributed by atoms with Crippen molar-refractivity contribution in [1.29, 1.82) is 0 Å². The lowest BCUT2D eigenvalue weighted by atomic mass is 9.93. The minimum absolute atomic E-state index is 0.300. The highest BCUT2D eigenvalue weighted by molar-refractivity contribution is 5.67. The monoisotopic (exact) mass is 275 g/mol. The summed E-state index contributed by atoms with van der Waals surface area (Å²) in [6.07, 6.45) is 2.45. The van der Waals surface area contributed by atoms with Gasteiger partial charge >= 0.3 is 5.97 Å². The summed E-state index contributed by atoms with van der Waals surface area (Å²) in [5.41, 5.74) is 1.30. The van der Waals surface area contributed by atoms with Crippen molar-refractivity contribution in [2.45, 2.75) is 25.2 Å². The molecule has 3 rings (SSSR count). The van der Waals surface area contributed by atoms with Crippen molar-refractivity contribution in [2.24, 2.45) is 5.92 Å². The molecule has 20 heavy (non-hydrogen) atoms. The third-order valence-electron chi connectivity index (χ3n) is 4.34. The maximum absolute atomic E-state index is 10.8. The summed E-state index contributed by atoms with van der Waals surface area (Å²) in [5.74, 6) is 1.07. The molecule has 2 atom stereocenters. The van der Waals surface area contributed by atoms with Crippen molar-refractivity contribution in [1.82, 2.24) is 4.90 Å². The summed E-state index contributed by atoms with van der Waals surface area (Å²) < 4.78 is 5.72. The van der Waals surface area contributed by atoms with E-state index in [1.165, 1.54) is 5.56 Å². The maximum atomic E-state index is 10.8. The molecule has 0 radical (unpaired) electrons. The highest BCUT2D eigenvalue weighted by Gasteiger charge is 2.28. The molecule has 0 bridgehead atoms. The highest BCUT2D eigenvalue weighted by atomic mass is 16.5. The van der Waals surface area contributed by atoms with Crippen molar-refractivity contribution >= 4 is 5.97 Å². The quantitative estimate of drug-likeness (QED) is 0.916. The molecule has 1 fully saturated rings. The molecule has 0 aromatic heterocycles. The number of carbonyl (C=O) groups is 1. The number of aliphatic carboxylic acids is 1. The minimum Gasteiger partial charge on any atom is -0.493 e. The Kier molecular flexibility index (Phi) is 3.92. The Balaban J connectivity index is 1.60. The number of likely N-dealkylation sites (tertiary alicyclic amines) is 1. The smallest absolute Gasteiger partial charge is 0.303 e. The van der Waals surface area contributed by atoms with E-state index in [4.69, 9.17) is 9.84 Å². The van der Waals surface area contributed by atoms with E-state index in [9.17, 15) is 4.79 Å². The maximum Gasteiger partial charge on any atom is 0.303 e. The van der Waals surface area contributed by atoms with Crippen molar-refractivity contribution in [3.8, 4) is 5.75 Å². The molecule has 0 aliphatic carbocycles. The van der Waals surface area contributed by atoms with Gasteiger partial charge in [-0.05, 0) is 31.4 Å². The van der Waals surface area contributed by atoms with E-state index in [0.29, 0.717) is 18.3 Å². The predicted octanol–water partition coefficient (Wildman–Crippen LogP) is 2.35. The second-order valence-corrected chi connectivity index (χ2v) is 5.91. The Morgan fingerprint density at radius 2 is 2.25 bits per heavy atom. The SMILES string of the molecule is O=C(O)CC1CCCN(CC2COc3ccccc32)C1. The van der Waals surface area contributed by atoms with Gasteiger partial charge in [-0.3, -0.25) is 4.79 Å². The van der Waals surface area contributed by atoms with Crippen LogP contribution in [-0.4, -0.2) is 42.2 Å². The topological polar surface area (TPSA) is 49.8 Å². The zero-order valence-electron chi connectivity index (χ0n) is 11.6. The van der Waals surface area contributed by atoms with Crippen LogP contribution in [0.2, 0.25) is 0 Å². The molecule has 2 aliphatic heterocycles. The van der Waals surface area contributed by atoms with Gasteiger partial charge in [-0.2, -0.15) is 0 Å². The fourth-order valence-corrected chi connectivity index (χ4v) is 3.42. The summed E-state index contributed by atoms with van der Waals surface area (Å²) >= 11 is 0. The molecule has 2 unspecified atom stereocenters. The van der Waals surface area contributed by atoms with Gasteiger partial charge in [0.05, 0.1) is 6.61 Å². The van der Waals surface area contributed by atoms with Crippen molar-refractivity contribution in [3.05, 3.63) is 29.8 Å². The molecule has 2 aliphatic rings. The summed E-state index contributed by atoms with van der Waals surface area (Å²) in [6.45, 7) is 3.71. The molecule has 2 heterocycles. The molecular formula is C16H21NO3. The molecular weight excluding hydrogens is 254 g/mol. The Hall–Kier alpha value is -1.55. The molecule has 0 saturated carbocycles. The first kappa shape index (κ1) is 13.4.